The number of aromatic nitrogens is 2. The zero-order chi connectivity index (χ0) is 15.4. The fourth-order valence-corrected chi connectivity index (χ4v) is 2.62. The number of nitro benzene ring substituents is 1. The molecular formula is C15H17N5O2. The van der Waals surface area contributed by atoms with E-state index in [1.807, 2.05) is 18.2 Å². The first-order valence-corrected chi connectivity index (χ1v) is 7.25. The van der Waals surface area contributed by atoms with Gasteiger partial charge in [-0.1, -0.05) is 0 Å². The normalized spacial score (nSPS) is 15.5. The van der Waals surface area contributed by atoms with Gasteiger partial charge in [0.25, 0.3) is 5.69 Å². The molecule has 7 nitrogen and oxygen atoms in total. The minimum atomic E-state index is -0.374. The van der Waals surface area contributed by atoms with Gasteiger partial charge < -0.3 is 9.80 Å². The summed E-state index contributed by atoms with van der Waals surface area (Å²) < 4.78 is 0. The predicted molar refractivity (Wildman–Crippen MR) is 84.2 cm³/mol. The van der Waals surface area contributed by atoms with E-state index in [0.717, 1.165) is 44.2 Å². The van der Waals surface area contributed by atoms with Crippen molar-refractivity contribution >= 4 is 17.3 Å². The molecule has 2 heterocycles. The first-order valence-electron chi connectivity index (χ1n) is 7.25. The maximum Gasteiger partial charge on any atom is 0.269 e. The zero-order valence-corrected chi connectivity index (χ0v) is 12.1. The lowest BCUT2D eigenvalue weighted by atomic mass is 10.2. The van der Waals surface area contributed by atoms with Crippen molar-refractivity contribution in [2.75, 3.05) is 36.0 Å². The van der Waals surface area contributed by atoms with Gasteiger partial charge in [0.1, 0.15) is 0 Å². The van der Waals surface area contributed by atoms with Gasteiger partial charge in [-0.15, -0.1) is 0 Å². The lowest BCUT2D eigenvalue weighted by Gasteiger charge is -2.23. The van der Waals surface area contributed by atoms with E-state index in [4.69, 9.17) is 0 Å². The van der Waals surface area contributed by atoms with Crippen LogP contribution < -0.4 is 9.80 Å². The molecule has 1 aromatic heterocycles. The molecule has 0 unspecified atom stereocenters. The van der Waals surface area contributed by atoms with Gasteiger partial charge in [0.2, 0.25) is 5.95 Å². The molecule has 3 rings (SSSR count). The van der Waals surface area contributed by atoms with Crippen LogP contribution >= 0.6 is 0 Å². The summed E-state index contributed by atoms with van der Waals surface area (Å²) in [5, 5.41) is 10.7. The molecule has 7 heteroatoms. The van der Waals surface area contributed by atoms with Crippen molar-refractivity contribution in [3.63, 3.8) is 0 Å². The number of rotatable bonds is 3. The van der Waals surface area contributed by atoms with Gasteiger partial charge in [0, 0.05) is 56.4 Å². The van der Waals surface area contributed by atoms with Crippen LogP contribution in [-0.4, -0.2) is 41.1 Å². The quantitative estimate of drug-likeness (QED) is 0.638. The second-order valence-corrected chi connectivity index (χ2v) is 5.15. The first kappa shape index (κ1) is 14.2. The molecule has 0 amide bonds. The number of nitro groups is 1. The van der Waals surface area contributed by atoms with E-state index in [9.17, 15) is 10.1 Å². The zero-order valence-electron chi connectivity index (χ0n) is 12.1. The molecule has 0 bridgehead atoms. The maximum atomic E-state index is 10.7. The number of hydrogen-bond acceptors (Lipinski definition) is 6. The van der Waals surface area contributed by atoms with Crippen LogP contribution in [0.2, 0.25) is 0 Å². The lowest BCUT2D eigenvalue weighted by Crippen LogP contribution is -2.31. The van der Waals surface area contributed by atoms with E-state index in [-0.39, 0.29) is 10.6 Å². The average Bonchev–Trinajstić information content (AvgIpc) is 2.82. The van der Waals surface area contributed by atoms with Gasteiger partial charge in [0.05, 0.1) is 4.92 Å². The van der Waals surface area contributed by atoms with Crippen LogP contribution in [0.25, 0.3) is 0 Å². The highest BCUT2D eigenvalue weighted by atomic mass is 16.6. The number of benzene rings is 1. The van der Waals surface area contributed by atoms with Crippen molar-refractivity contribution in [3.8, 4) is 0 Å². The molecular weight excluding hydrogens is 282 g/mol. The highest BCUT2D eigenvalue weighted by molar-refractivity contribution is 5.51. The Morgan fingerprint density at radius 1 is 0.955 bits per heavy atom. The molecule has 1 fully saturated rings. The Labute approximate surface area is 128 Å². The smallest absolute Gasteiger partial charge is 0.269 e. The van der Waals surface area contributed by atoms with Crippen LogP contribution in [0.5, 0.6) is 0 Å². The summed E-state index contributed by atoms with van der Waals surface area (Å²) in [6, 6.07) is 8.54. The van der Waals surface area contributed by atoms with E-state index in [1.54, 1.807) is 24.5 Å². The maximum absolute atomic E-state index is 10.7. The Morgan fingerprint density at radius 2 is 1.59 bits per heavy atom. The fraction of sp³-hybridized carbons (Fsp3) is 0.333. The summed E-state index contributed by atoms with van der Waals surface area (Å²) in [7, 11) is 0. The molecule has 1 saturated heterocycles. The highest BCUT2D eigenvalue weighted by Gasteiger charge is 2.17. The van der Waals surface area contributed by atoms with E-state index in [0.29, 0.717) is 0 Å². The fourth-order valence-electron chi connectivity index (χ4n) is 2.62. The molecule has 0 spiro atoms. The van der Waals surface area contributed by atoms with Crippen LogP contribution in [0, 0.1) is 10.1 Å². The molecule has 0 saturated carbocycles. The van der Waals surface area contributed by atoms with Gasteiger partial charge in [-0.25, -0.2) is 9.97 Å². The summed E-state index contributed by atoms with van der Waals surface area (Å²) >= 11 is 0. The molecule has 1 aromatic carbocycles. The van der Waals surface area contributed by atoms with Gasteiger partial charge in [0.15, 0.2) is 0 Å². The second-order valence-electron chi connectivity index (χ2n) is 5.15. The van der Waals surface area contributed by atoms with Gasteiger partial charge >= 0.3 is 0 Å². The van der Waals surface area contributed by atoms with Gasteiger partial charge in [-0.2, -0.15) is 0 Å². The topological polar surface area (TPSA) is 75.4 Å². The predicted octanol–water partition coefficient (Wildman–Crippen LogP) is 2.10. The first-order chi connectivity index (χ1) is 10.7. The Kier molecular flexibility index (Phi) is 4.13. The second kappa shape index (κ2) is 6.38. The molecule has 0 atom stereocenters. The number of non-ortho nitro benzene ring substituents is 1. The summed E-state index contributed by atoms with van der Waals surface area (Å²) in [5.74, 6) is 0.757. The molecule has 1 aliphatic rings. The van der Waals surface area contributed by atoms with Crippen molar-refractivity contribution in [1.82, 2.24) is 9.97 Å². The van der Waals surface area contributed by atoms with Gasteiger partial charge in [-0.05, 0) is 24.6 Å². The van der Waals surface area contributed by atoms with E-state index < -0.39 is 0 Å². The average molecular weight is 299 g/mol. The lowest BCUT2D eigenvalue weighted by molar-refractivity contribution is -0.384. The third-order valence-corrected chi connectivity index (χ3v) is 3.76. The third-order valence-electron chi connectivity index (χ3n) is 3.76. The Balaban J connectivity index is 1.68. The molecule has 0 N–H and O–H groups in total. The summed E-state index contributed by atoms with van der Waals surface area (Å²) in [4.78, 5) is 23.3. The van der Waals surface area contributed by atoms with E-state index in [1.165, 1.54) is 0 Å². The minimum Gasteiger partial charge on any atom is -0.370 e. The molecule has 0 radical (unpaired) electrons. The number of nitrogens with zero attached hydrogens (tertiary/aromatic N) is 5. The summed E-state index contributed by atoms with van der Waals surface area (Å²) in [6.07, 6.45) is 4.50. The van der Waals surface area contributed by atoms with E-state index in [2.05, 4.69) is 19.8 Å². The van der Waals surface area contributed by atoms with Crippen molar-refractivity contribution in [2.45, 2.75) is 6.42 Å². The van der Waals surface area contributed by atoms with Crippen molar-refractivity contribution in [2.24, 2.45) is 0 Å². The molecule has 114 valence electrons. The molecule has 2 aromatic rings. The Morgan fingerprint density at radius 3 is 2.27 bits per heavy atom. The van der Waals surface area contributed by atoms with Crippen molar-refractivity contribution in [3.05, 3.63) is 52.8 Å². The standard InChI is InChI=1S/C15H17N5O2/c21-20(22)14-5-3-13(4-6-14)18-9-2-10-19(12-11-18)15-16-7-1-8-17-15/h1,3-8H,2,9-12H2. The molecule has 22 heavy (non-hydrogen) atoms. The third kappa shape index (κ3) is 3.13. The highest BCUT2D eigenvalue weighted by Crippen LogP contribution is 2.21. The van der Waals surface area contributed by atoms with Crippen LogP contribution in [0.3, 0.4) is 0 Å². The monoisotopic (exact) mass is 299 g/mol. The Bertz CT molecular complexity index is 632. The molecule has 0 aliphatic carbocycles. The minimum absolute atomic E-state index is 0.123. The largest absolute Gasteiger partial charge is 0.370 e. The van der Waals surface area contributed by atoms with E-state index >= 15 is 0 Å². The van der Waals surface area contributed by atoms with Crippen LogP contribution in [0.4, 0.5) is 17.3 Å². The van der Waals surface area contributed by atoms with Crippen LogP contribution in [0.15, 0.2) is 42.7 Å². The SMILES string of the molecule is O=[N+]([O-])c1ccc(N2CCCN(c3ncccn3)CC2)cc1. The number of anilines is 2. The Hall–Kier alpha value is -2.70. The van der Waals surface area contributed by atoms with Crippen LogP contribution in [0.1, 0.15) is 6.42 Å². The summed E-state index contributed by atoms with van der Waals surface area (Å²) in [6.45, 7) is 3.51. The van der Waals surface area contributed by atoms with Crippen molar-refractivity contribution < 1.29 is 4.92 Å². The number of hydrogen-bond donors (Lipinski definition) is 0. The van der Waals surface area contributed by atoms with Crippen molar-refractivity contribution in [1.29, 1.82) is 0 Å². The van der Waals surface area contributed by atoms with Gasteiger partial charge in [-0.3, -0.25) is 10.1 Å². The van der Waals surface area contributed by atoms with Crippen LogP contribution in [-0.2, 0) is 0 Å². The summed E-state index contributed by atoms with van der Waals surface area (Å²) in [5.41, 5.74) is 1.14. The molecule has 1 aliphatic heterocycles.